The predicted octanol–water partition coefficient (Wildman–Crippen LogP) is 3.28. The van der Waals surface area contributed by atoms with Crippen LogP contribution in [0.15, 0.2) is 36.4 Å². The van der Waals surface area contributed by atoms with Crippen LogP contribution in [0.3, 0.4) is 0 Å². The summed E-state index contributed by atoms with van der Waals surface area (Å²) in [5.74, 6) is -0.242. The van der Waals surface area contributed by atoms with Crippen molar-refractivity contribution in [1.29, 1.82) is 0 Å². The van der Waals surface area contributed by atoms with Crippen LogP contribution in [0.2, 0.25) is 5.02 Å². The molecule has 0 radical (unpaired) electrons. The standard InChI is InChI=1S/C19H25ClN2O2/c1-24-19(23)18(16-9-5-6-10-17(16)20)22-13-11-21(12-14-22)15-7-3-2-4-8-15/h3,5-7,9-10,15,18H,2,4,8,11-14H2,1H3. The molecule has 2 aliphatic rings. The van der Waals surface area contributed by atoms with Gasteiger partial charge in [-0.1, -0.05) is 42.0 Å². The van der Waals surface area contributed by atoms with Gasteiger partial charge in [0.2, 0.25) is 0 Å². The second kappa shape index (κ2) is 8.15. The molecule has 5 heteroatoms. The second-order valence-electron chi connectivity index (χ2n) is 6.45. The maximum atomic E-state index is 12.4. The molecule has 1 aliphatic heterocycles. The number of ether oxygens (including phenoxy) is 1. The number of esters is 1. The second-order valence-corrected chi connectivity index (χ2v) is 6.85. The van der Waals surface area contributed by atoms with Crippen molar-refractivity contribution in [1.82, 2.24) is 9.80 Å². The van der Waals surface area contributed by atoms with Crippen LogP contribution in [0.25, 0.3) is 0 Å². The van der Waals surface area contributed by atoms with Crippen molar-refractivity contribution in [3.63, 3.8) is 0 Å². The molecule has 24 heavy (non-hydrogen) atoms. The maximum Gasteiger partial charge on any atom is 0.327 e. The first-order valence-electron chi connectivity index (χ1n) is 8.67. The van der Waals surface area contributed by atoms with E-state index in [1.165, 1.54) is 26.4 Å². The van der Waals surface area contributed by atoms with Crippen molar-refractivity contribution in [2.75, 3.05) is 33.3 Å². The Hall–Kier alpha value is -1.36. The van der Waals surface area contributed by atoms with Crippen molar-refractivity contribution in [2.24, 2.45) is 0 Å². The number of allylic oxidation sites excluding steroid dienone is 1. The number of halogens is 1. The number of carbonyl (C=O) groups is 1. The zero-order valence-corrected chi connectivity index (χ0v) is 14.9. The van der Waals surface area contributed by atoms with Gasteiger partial charge in [-0.05, 0) is 30.9 Å². The summed E-state index contributed by atoms with van der Waals surface area (Å²) in [6, 6.07) is 7.68. The summed E-state index contributed by atoms with van der Waals surface area (Å²) in [6.07, 6.45) is 8.34. The van der Waals surface area contributed by atoms with Crippen LogP contribution in [0, 0.1) is 0 Å². The molecule has 1 aliphatic carbocycles. The molecular weight excluding hydrogens is 324 g/mol. The first-order chi connectivity index (χ1) is 11.7. The van der Waals surface area contributed by atoms with Gasteiger partial charge in [0, 0.05) is 37.2 Å². The van der Waals surface area contributed by atoms with Crippen LogP contribution in [0.5, 0.6) is 0 Å². The van der Waals surface area contributed by atoms with Gasteiger partial charge in [-0.15, -0.1) is 0 Å². The summed E-state index contributed by atoms with van der Waals surface area (Å²) in [5, 5.41) is 0.616. The number of nitrogens with zero attached hydrogens (tertiary/aromatic N) is 2. The molecule has 130 valence electrons. The van der Waals surface area contributed by atoms with E-state index in [-0.39, 0.29) is 5.97 Å². The summed E-state index contributed by atoms with van der Waals surface area (Å²) in [6.45, 7) is 3.62. The Morgan fingerprint density at radius 2 is 2.00 bits per heavy atom. The number of methoxy groups -OCH3 is 1. The van der Waals surface area contributed by atoms with Crippen molar-refractivity contribution in [3.05, 3.63) is 47.0 Å². The number of hydrogen-bond acceptors (Lipinski definition) is 4. The Morgan fingerprint density at radius 3 is 2.62 bits per heavy atom. The number of hydrogen-bond donors (Lipinski definition) is 0. The molecule has 4 nitrogen and oxygen atoms in total. The molecule has 0 bridgehead atoms. The van der Waals surface area contributed by atoms with Crippen molar-refractivity contribution in [3.8, 4) is 0 Å². The van der Waals surface area contributed by atoms with E-state index in [1.807, 2.05) is 24.3 Å². The topological polar surface area (TPSA) is 32.8 Å². The molecule has 0 aromatic heterocycles. The van der Waals surface area contributed by atoms with Crippen LogP contribution < -0.4 is 0 Å². The lowest BCUT2D eigenvalue weighted by molar-refractivity contribution is -0.148. The average molecular weight is 349 g/mol. The number of benzene rings is 1. The molecule has 0 amide bonds. The van der Waals surface area contributed by atoms with Gasteiger partial charge in [-0.3, -0.25) is 9.80 Å². The van der Waals surface area contributed by atoms with E-state index in [0.717, 1.165) is 31.7 Å². The molecule has 1 heterocycles. The lowest BCUT2D eigenvalue weighted by Gasteiger charge is -2.41. The smallest absolute Gasteiger partial charge is 0.327 e. The predicted molar refractivity (Wildman–Crippen MR) is 96.1 cm³/mol. The number of piperazine rings is 1. The molecule has 0 N–H and O–H groups in total. The van der Waals surface area contributed by atoms with Gasteiger partial charge < -0.3 is 4.74 Å². The fourth-order valence-corrected chi connectivity index (χ4v) is 3.95. The average Bonchev–Trinajstić information content (AvgIpc) is 2.64. The Morgan fingerprint density at radius 1 is 1.25 bits per heavy atom. The van der Waals surface area contributed by atoms with Crippen LogP contribution >= 0.6 is 11.6 Å². The summed E-state index contributed by atoms with van der Waals surface area (Å²) in [5.41, 5.74) is 0.831. The summed E-state index contributed by atoms with van der Waals surface area (Å²) in [7, 11) is 1.44. The quantitative estimate of drug-likeness (QED) is 0.617. The van der Waals surface area contributed by atoms with Crippen molar-refractivity contribution >= 4 is 17.6 Å². The highest BCUT2D eigenvalue weighted by atomic mass is 35.5. The zero-order chi connectivity index (χ0) is 16.9. The van der Waals surface area contributed by atoms with Gasteiger partial charge >= 0.3 is 5.97 Å². The van der Waals surface area contributed by atoms with E-state index in [0.29, 0.717) is 11.1 Å². The molecular formula is C19H25ClN2O2. The SMILES string of the molecule is COC(=O)C(c1ccccc1Cl)N1CCN(C2C=CCCC2)CC1. The highest BCUT2D eigenvalue weighted by molar-refractivity contribution is 6.31. The van der Waals surface area contributed by atoms with E-state index < -0.39 is 6.04 Å². The van der Waals surface area contributed by atoms with Crippen LogP contribution in [0.4, 0.5) is 0 Å². The number of rotatable bonds is 4. The van der Waals surface area contributed by atoms with Gasteiger partial charge in [-0.25, -0.2) is 4.79 Å². The highest BCUT2D eigenvalue weighted by Crippen LogP contribution is 2.30. The van der Waals surface area contributed by atoms with E-state index in [1.54, 1.807) is 0 Å². The first-order valence-corrected chi connectivity index (χ1v) is 9.05. The van der Waals surface area contributed by atoms with E-state index in [9.17, 15) is 4.79 Å². The van der Waals surface area contributed by atoms with Crippen LogP contribution in [0.1, 0.15) is 30.9 Å². The van der Waals surface area contributed by atoms with E-state index >= 15 is 0 Å². The third-order valence-corrected chi connectivity index (χ3v) is 5.38. The molecule has 2 unspecified atom stereocenters. The van der Waals surface area contributed by atoms with E-state index in [4.69, 9.17) is 16.3 Å². The minimum atomic E-state index is -0.423. The minimum absolute atomic E-state index is 0.242. The lowest BCUT2D eigenvalue weighted by atomic mass is 10.00. The molecule has 1 saturated heterocycles. The number of carbonyl (C=O) groups excluding carboxylic acids is 1. The fourth-order valence-electron chi connectivity index (χ4n) is 3.71. The highest BCUT2D eigenvalue weighted by Gasteiger charge is 2.33. The largest absolute Gasteiger partial charge is 0.468 e. The molecule has 3 rings (SSSR count). The molecule has 1 aromatic rings. The van der Waals surface area contributed by atoms with Crippen molar-refractivity contribution in [2.45, 2.75) is 31.3 Å². The lowest BCUT2D eigenvalue weighted by Crippen LogP contribution is -2.52. The Kier molecular flexibility index (Phi) is 5.93. The minimum Gasteiger partial charge on any atom is -0.468 e. The Balaban J connectivity index is 1.71. The third kappa shape index (κ3) is 3.82. The van der Waals surface area contributed by atoms with Gasteiger partial charge in [-0.2, -0.15) is 0 Å². The maximum absolute atomic E-state index is 12.4. The third-order valence-electron chi connectivity index (χ3n) is 5.04. The molecule has 1 aromatic carbocycles. The Bertz CT molecular complexity index is 597. The normalized spacial score (nSPS) is 23.8. The monoisotopic (exact) mass is 348 g/mol. The summed E-state index contributed by atoms with van der Waals surface area (Å²) < 4.78 is 5.05. The molecule has 0 saturated carbocycles. The van der Waals surface area contributed by atoms with Crippen molar-refractivity contribution < 1.29 is 9.53 Å². The van der Waals surface area contributed by atoms with Gasteiger partial charge in [0.15, 0.2) is 0 Å². The molecule has 1 fully saturated rings. The van der Waals surface area contributed by atoms with Gasteiger partial charge in [0.05, 0.1) is 7.11 Å². The Labute approximate surface area is 149 Å². The van der Waals surface area contributed by atoms with Gasteiger partial charge in [0.25, 0.3) is 0 Å². The summed E-state index contributed by atoms with van der Waals surface area (Å²) >= 11 is 6.34. The molecule has 0 spiro atoms. The summed E-state index contributed by atoms with van der Waals surface area (Å²) in [4.78, 5) is 17.1. The van der Waals surface area contributed by atoms with E-state index in [2.05, 4.69) is 22.0 Å². The van der Waals surface area contributed by atoms with Crippen LogP contribution in [-0.2, 0) is 9.53 Å². The van der Waals surface area contributed by atoms with Gasteiger partial charge in [0.1, 0.15) is 6.04 Å². The fraction of sp³-hybridized carbons (Fsp3) is 0.526. The zero-order valence-electron chi connectivity index (χ0n) is 14.2. The molecule has 2 atom stereocenters. The first kappa shape index (κ1) is 17.5. The van der Waals surface area contributed by atoms with Crippen LogP contribution in [-0.4, -0.2) is 55.1 Å².